The maximum atomic E-state index is 9.88. The molecule has 1 aliphatic rings. The second kappa shape index (κ2) is 9.26. The lowest BCUT2D eigenvalue weighted by atomic mass is 10.1. The highest BCUT2D eigenvalue weighted by Crippen LogP contribution is 2.40. The van der Waals surface area contributed by atoms with E-state index in [4.69, 9.17) is 18.9 Å². The van der Waals surface area contributed by atoms with Crippen molar-refractivity contribution in [2.45, 2.75) is 20.4 Å². The molecule has 0 saturated heterocycles. The van der Waals surface area contributed by atoms with Gasteiger partial charge in [-0.05, 0) is 25.5 Å². The fourth-order valence-corrected chi connectivity index (χ4v) is 3.50. The average Bonchev–Trinajstić information content (AvgIpc) is 3.33. The number of anilines is 1. The molecule has 0 radical (unpaired) electrons. The summed E-state index contributed by atoms with van der Waals surface area (Å²) < 4.78 is 22.6. The molecule has 0 spiro atoms. The van der Waals surface area contributed by atoms with E-state index in [1.54, 1.807) is 12.5 Å². The molecule has 0 unspecified atom stereocenters. The predicted octanol–water partition coefficient (Wildman–Crippen LogP) is 4.71. The number of hydrogen-bond donors (Lipinski definition) is 0. The topological polar surface area (TPSA) is 76.8 Å². The van der Waals surface area contributed by atoms with Crippen molar-refractivity contribution in [1.29, 1.82) is 5.26 Å². The van der Waals surface area contributed by atoms with Crippen LogP contribution in [0, 0.1) is 11.3 Å². The van der Waals surface area contributed by atoms with Gasteiger partial charge in [-0.25, -0.2) is 0 Å². The van der Waals surface area contributed by atoms with Crippen molar-refractivity contribution in [2.75, 3.05) is 24.9 Å². The Morgan fingerprint density at radius 1 is 1.10 bits per heavy atom. The summed E-state index contributed by atoms with van der Waals surface area (Å²) in [5.41, 5.74) is 2.85. The average molecular weight is 417 g/mol. The minimum atomic E-state index is 0.129. The lowest BCUT2D eigenvalue weighted by Crippen LogP contribution is -2.24. The van der Waals surface area contributed by atoms with Crippen molar-refractivity contribution >= 4 is 16.6 Å². The van der Waals surface area contributed by atoms with Crippen molar-refractivity contribution in [3.05, 3.63) is 71.9 Å². The van der Waals surface area contributed by atoms with Crippen molar-refractivity contribution in [2.24, 2.45) is 0 Å². The standard InChI is InChI=1S/C24H23N3O4/c1-3-29-21-10-19-20(11-22(21)30-4-2)26-13-18(12-25)24(19)27(23-15-28-16-31-23)14-17-8-6-5-7-9-17/h5-11,13,15H,3-4,14,16H2,1-2H3. The monoisotopic (exact) mass is 417 g/mol. The summed E-state index contributed by atoms with van der Waals surface area (Å²) in [5.74, 6) is 1.75. The predicted molar refractivity (Wildman–Crippen MR) is 117 cm³/mol. The fraction of sp³-hybridized carbons (Fsp3) is 0.250. The van der Waals surface area contributed by atoms with Crippen LogP contribution in [0.2, 0.25) is 0 Å². The van der Waals surface area contributed by atoms with Crippen LogP contribution in [0.4, 0.5) is 5.69 Å². The molecule has 3 aromatic rings. The number of hydrogen-bond acceptors (Lipinski definition) is 7. The molecule has 31 heavy (non-hydrogen) atoms. The smallest absolute Gasteiger partial charge is 0.233 e. The molecule has 7 heteroatoms. The van der Waals surface area contributed by atoms with Crippen LogP contribution in [0.3, 0.4) is 0 Å². The zero-order valence-corrected chi connectivity index (χ0v) is 17.5. The molecule has 0 N–H and O–H groups in total. The zero-order chi connectivity index (χ0) is 21.6. The first-order valence-corrected chi connectivity index (χ1v) is 10.1. The maximum Gasteiger partial charge on any atom is 0.233 e. The van der Waals surface area contributed by atoms with Crippen molar-refractivity contribution in [3.8, 4) is 17.6 Å². The first-order valence-electron chi connectivity index (χ1n) is 10.1. The van der Waals surface area contributed by atoms with Crippen molar-refractivity contribution in [3.63, 3.8) is 0 Å². The minimum absolute atomic E-state index is 0.129. The molecular formula is C24H23N3O4. The fourth-order valence-electron chi connectivity index (χ4n) is 3.50. The second-order valence-corrected chi connectivity index (χ2v) is 6.77. The van der Waals surface area contributed by atoms with Crippen LogP contribution in [0.15, 0.2) is 60.8 Å². The van der Waals surface area contributed by atoms with Gasteiger partial charge in [-0.2, -0.15) is 5.26 Å². The number of ether oxygens (including phenoxy) is 4. The summed E-state index contributed by atoms with van der Waals surface area (Å²) in [6.45, 7) is 5.45. The molecule has 4 rings (SSSR count). The van der Waals surface area contributed by atoms with Crippen LogP contribution in [0.25, 0.3) is 10.9 Å². The molecule has 2 aromatic carbocycles. The summed E-state index contributed by atoms with van der Waals surface area (Å²) in [6, 6.07) is 16.0. The Morgan fingerprint density at radius 3 is 2.48 bits per heavy atom. The van der Waals surface area contributed by atoms with E-state index in [1.165, 1.54) is 0 Å². The number of nitrogens with zero attached hydrogens (tertiary/aromatic N) is 3. The van der Waals surface area contributed by atoms with Gasteiger partial charge in [0.05, 0.1) is 36.5 Å². The lowest BCUT2D eigenvalue weighted by Gasteiger charge is -2.26. The molecule has 1 aliphatic heterocycles. The Hall–Kier alpha value is -3.92. The largest absolute Gasteiger partial charge is 0.490 e. The van der Waals surface area contributed by atoms with Crippen LogP contribution in [0.1, 0.15) is 25.0 Å². The SMILES string of the molecule is CCOc1cc2ncc(C#N)c(N(Cc3ccccc3)C3=COCO3)c2cc1OCC. The molecule has 0 aliphatic carbocycles. The van der Waals surface area contributed by atoms with E-state index in [-0.39, 0.29) is 6.79 Å². The number of aromatic nitrogens is 1. The van der Waals surface area contributed by atoms with Gasteiger partial charge >= 0.3 is 0 Å². The second-order valence-electron chi connectivity index (χ2n) is 6.77. The van der Waals surface area contributed by atoms with Crippen LogP contribution in [0.5, 0.6) is 11.5 Å². The number of nitriles is 1. The lowest BCUT2D eigenvalue weighted by molar-refractivity contribution is 0.0782. The highest BCUT2D eigenvalue weighted by atomic mass is 16.7. The molecule has 0 amide bonds. The van der Waals surface area contributed by atoms with Gasteiger partial charge in [-0.1, -0.05) is 30.3 Å². The first-order chi connectivity index (χ1) is 15.2. The normalized spacial score (nSPS) is 12.5. The van der Waals surface area contributed by atoms with Gasteiger partial charge in [0.2, 0.25) is 12.7 Å². The molecular weight excluding hydrogens is 394 g/mol. The Labute approximate surface area is 181 Å². The molecule has 2 heterocycles. The molecule has 0 fully saturated rings. The van der Waals surface area contributed by atoms with Gasteiger partial charge in [0.1, 0.15) is 12.3 Å². The van der Waals surface area contributed by atoms with Gasteiger partial charge in [0, 0.05) is 17.6 Å². The Kier molecular flexibility index (Phi) is 6.08. The Bertz CT molecular complexity index is 1140. The van der Waals surface area contributed by atoms with Crippen LogP contribution in [-0.2, 0) is 16.0 Å². The van der Waals surface area contributed by atoms with E-state index in [9.17, 15) is 5.26 Å². The van der Waals surface area contributed by atoms with E-state index < -0.39 is 0 Å². The molecule has 158 valence electrons. The number of rotatable bonds is 8. The minimum Gasteiger partial charge on any atom is -0.490 e. The highest BCUT2D eigenvalue weighted by Gasteiger charge is 2.25. The Balaban J connectivity index is 1.93. The third-order valence-corrected chi connectivity index (χ3v) is 4.80. The van der Waals surface area contributed by atoms with Gasteiger partial charge in [-0.3, -0.25) is 4.98 Å². The third-order valence-electron chi connectivity index (χ3n) is 4.80. The summed E-state index contributed by atoms with van der Waals surface area (Å²) in [6.07, 6.45) is 3.14. The molecule has 1 aromatic heterocycles. The van der Waals surface area contributed by atoms with Crippen LogP contribution in [-0.4, -0.2) is 25.0 Å². The molecule has 0 atom stereocenters. The van der Waals surface area contributed by atoms with Gasteiger partial charge in [-0.15, -0.1) is 0 Å². The Morgan fingerprint density at radius 2 is 1.84 bits per heavy atom. The quantitative estimate of drug-likeness (QED) is 0.525. The third kappa shape index (κ3) is 4.19. The summed E-state index contributed by atoms with van der Waals surface area (Å²) >= 11 is 0. The van der Waals surface area contributed by atoms with Gasteiger partial charge in [0.15, 0.2) is 11.5 Å². The van der Waals surface area contributed by atoms with E-state index in [0.717, 1.165) is 10.9 Å². The maximum absolute atomic E-state index is 9.88. The van der Waals surface area contributed by atoms with E-state index in [2.05, 4.69) is 11.1 Å². The number of fused-ring (bicyclic) bond motifs is 1. The zero-order valence-electron chi connectivity index (χ0n) is 17.5. The summed E-state index contributed by atoms with van der Waals surface area (Å²) in [7, 11) is 0. The summed E-state index contributed by atoms with van der Waals surface area (Å²) in [4.78, 5) is 6.43. The van der Waals surface area contributed by atoms with E-state index in [0.29, 0.717) is 53.9 Å². The van der Waals surface area contributed by atoms with Gasteiger partial charge < -0.3 is 23.8 Å². The van der Waals surface area contributed by atoms with Crippen LogP contribution < -0.4 is 14.4 Å². The van der Waals surface area contributed by atoms with Crippen molar-refractivity contribution in [1.82, 2.24) is 4.98 Å². The molecule has 0 bridgehead atoms. The van der Waals surface area contributed by atoms with Crippen LogP contribution >= 0.6 is 0 Å². The number of benzene rings is 2. The van der Waals surface area contributed by atoms with Gasteiger partial charge in [0.25, 0.3) is 0 Å². The van der Waals surface area contributed by atoms with Crippen molar-refractivity contribution < 1.29 is 18.9 Å². The first kappa shape index (κ1) is 20.4. The molecule has 7 nitrogen and oxygen atoms in total. The summed E-state index contributed by atoms with van der Waals surface area (Å²) in [5, 5.41) is 10.6. The highest BCUT2D eigenvalue weighted by molar-refractivity contribution is 5.97. The molecule has 0 saturated carbocycles. The van der Waals surface area contributed by atoms with E-state index >= 15 is 0 Å². The van der Waals surface area contributed by atoms with E-state index in [1.807, 2.05) is 61.2 Å². The number of pyridine rings is 1.